The fourth-order valence-electron chi connectivity index (χ4n) is 2.16. The molecule has 1 heterocycles. The largest absolute Gasteiger partial charge is 0.479 e. The summed E-state index contributed by atoms with van der Waals surface area (Å²) in [6.07, 6.45) is -2.86. The quantitative estimate of drug-likeness (QED) is 0.823. The molecule has 2 N–H and O–H groups in total. The van der Waals surface area contributed by atoms with Crippen molar-refractivity contribution in [2.24, 2.45) is 5.41 Å². The minimum atomic E-state index is -5.07. The highest BCUT2D eigenvalue weighted by Crippen LogP contribution is 2.32. The molecule has 0 aliphatic carbocycles. The van der Waals surface area contributed by atoms with E-state index in [1.807, 2.05) is 13.8 Å². The zero-order valence-corrected chi connectivity index (χ0v) is 12.4. The maximum atomic E-state index is 12.9. The van der Waals surface area contributed by atoms with Crippen molar-refractivity contribution in [3.8, 4) is 0 Å². The highest BCUT2D eigenvalue weighted by Gasteiger charge is 2.58. The van der Waals surface area contributed by atoms with E-state index >= 15 is 0 Å². The molecule has 8 heteroatoms. The topological polar surface area (TPSA) is 69.6 Å². The summed E-state index contributed by atoms with van der Waals surface area (Å²) in [5.74, 6) is -2.13. The van der Waals surface area contributed by atoms with Crippen LogP contribution in [0, 0.1) is 5.41 Å². The Bertz CT molecular complexity index is 423. The van der Waals surface area contributed by atoms with E-state index in [1.54, 1.807) is 5.32 Å². The second-order valence-corrected chi connectivity index (χ2v) is 6.36. The van der Waals surface area contributed by atoms with Crippen LogP contribution in [0.3, 0.4) is 0 Å². The van der Waals surface area contributed by atoms with Gasteiger partial charge in [-0.2, -0.15) is 13.2 Å². The third-order valence-corrected chi connectivity index (χ3v) is 3.98. The molecule has 0 bridgehead atoms. The number of urea groups is 1. The second-order valence-electron chi connectivity index (χ2n) is 6.36. The summed E-state index contributed by atoms with van der Waals surface area (Å²) < 4.78 is 38.6. The summed E-state index contributed by atoms with van der Waals surface area (Å²) in [5.41, 5.74) is -3.26. The lowest BCUT2D eigenvalue weighted by Crippen LogP contribution is -2.64. The van der Waals surface area contributed by atoms with Crippen molar-refractivity contribution in [3.05, 3.63) is 0 Å². The molecule has 2 amide bonds. The molecule has 5 nitrogen and oxygen atoms in total. The smallest absolute Gasteiger partial charge is 0.422 e. The van der Waals surface area contributed by atoms with Gasteiger partial charge in [-0.3, -0.25) is 0 Å². The second kappa shape index (κ2) is 5.73. The monoisotopic (exact) mass is 310 g/mol. The Kier molecular flexibility index (Phi) is 4.80. The molecule has 0 aromatic carbocycles. The Balaban J connectivity index is 2.82. The number of carbonyl (C=O) groups excluding carboxylic acids is 1. The van der Waals surface area contributed by atoms with E-state index in [-0.39, 0.29) is 5.41 Å². The molecule has 21 heavy (non-hydrogen) atoms. The van der Waals surface area contributed by atoms with E-state index in [2.05, 4.69) is 0 Å². The standard InChI is InChI=1S/C13H21F3N2O3/c1-11(2)5-4-7-18(8-6-11)10(21)17-12(3,9(19)20)13(14,15)16/h4-8H2,1-3H3,(H,17,21)(H,19,20). The molecule has 1 unspecified atom stereocenters. The van der Waals surface area contributed by atoms with Crippen molar-refractivity contribution in [2.75, 3.05) is 13.1 Å². The molecular formula is C13H21F3N2O3. The molecule has 1 rings (SSSR count). The van der Waals surface area contributed by atoms with Crippen molar-refractivity contribution >= 4 is 12.0 Å². The molecule has 122 valence electrons. The van der Waals surface area contributed by atoms with Crippen LogP contribution in [0.5, 0.6) is 0 Å². The zero-order chi connectivity index (χ0) is 16.5. The number of nitrogens with one attached hydrogen (secondary N) is 1. The summed E-state index contributed by atoms with van der Waals surface area (Å²) in [5, 5.41) is 10.4. The predicted octanol–water partition coefficient (Wildman–Crippen LogP) is 2.61. The molecule has 1 fully saturated rings. The zero-order valence-electron chi connectivity index (χ0n) is 12.4. The van der Waals surface area contributed by atoms with Crippen LogP contribution in [0.4, 0.5) is 18.0 Å². The van der Waals surface area contributed by atoms with Crippen molar-refractivity contribution in [3.63, 3.8) is 0 Å². The number of hydrogen-bond donors (Lipinski definition) is 2. The Morgan fingerprint density at radius 1 is 1.19 bits per heavy atom. The van der Waals surface area contributed by atoms with Crippen LogP contribution >= 0.6 is 0 Å². The summed E-state index contributed by atoms with van der Waals surface area (Å²) >= 11 is 0. The lowest BCUT2D eigenvalue weighted by atomic mass is 9.85. The molecule has 1 atom stereocenters. The van der Waals surface area contributed by atoms with Crippen molar-refractivity contribution < 1.29 is 27.9 Å². The third-order valence-electron chi connectivity index (χ3n) is 3.98. The Morgan fingerprint density at radius 2 is 1.76 bits per heavy atom. The van der Waals surface area contributed by atoms with E-state index in [0.717, 1.165) is 6.42 Å². The van der Waals surface area contributed by atoms with Crippen LogP contribution in [0.1, 0.15) is 40.0 Å². The first-order valence-corrected chi connectivity index (χ1v) is 6.76. The van der Waals surface area contributed by atoms with Gasteiger partial charge in [0, 0.05) is 13.1 Å². The fourth-order valence-corrected chi connectivity index (χ4v) is 2.16. The van der Waals surface area contributed by atoms with Gasteiger partial charge in [-0.05, 0) is 31.6 Å². The Morgan fingerprint density at radius 3 is 2.24 bits per heavy atom. The predicted molar refractivity (Wildman–Crippen MR) is 69.8 cm³/mol. The Labute approximate surface area is 121 Å². The summed E-state index contributed by atoms with van der Waals surface area (Å²) in [4.78, 5) is 24.1. The first kappa shape index (κ1) is 17.6. The number of carboxylic acid groups (broad SMARTS) is 1. The van der Waals surface area contributed by atoms with Gasteiger partial charge < -0.3 is 15.3 Å². The molecule has 0 spiro atoms. The molecule has 1 aliphatic rings. The minimum absolute atomic E-state index is 0.0230. The van der Waals surface area contributed by atoms with Crippen molar-refractivity contribution in [1.29, 1.82) is 0 Å². The fraction of sp³-hybridized carbons (Fsp3) is 0.846. The maximum absolute atomic E-state index is 12.9. The number of amides is 2. The number of halogens is 3. The SMILES string of the molecule is CC1(C)CCCN(C(=O)NC(C)(C(=O)O)C(F)(F)F)CC1. The lowest BCUT2D eigenvalue weighted by molar-refractivity contribution is -0.203. The molecule has 1 saturated heterocycles. The highest BCUT2D eigenvalue weighted by atomic mass is 19.4. The van der Waals surface area contributed by atoms with Gasteiger partial charge >= 0.3 is 18.2 Å². The first-order valence-electron chi connectivity index (χ1n) is 6.76. The third kappa shape index (κ3) is 4.01. The van der Waals surface area contributed by atoms with E-state index in [9.17, 15) is 22.8 Å². The van der Waals surface area contributed by atoms with Crippen LogP contribution in [-0.2, 0) is 4.79 Å². The number of aliphatic carboxylic acids is 1. The van der Waals surface area contributed by atoms with Gasteiger partial charge in [0.2, 0.25) is 5.54 Å². The molecular weight excluding hydrogens is 289 g/mol. The highest BCUT2D eigenvalue weighted by molar-refractivity contribution is 5.86. The molecule has 0 aromatic heterocycles. The van der Waals surface area contributed by atoms with Gasteiger partial charge in [0.25, 0.3) is 0 Å². The summed E-state index contributed by atoms with van der Waals surface area (Å²) in [6.45, 7) is 5.15. The first-order chi connectivity index (χ1) is 9.39. The number of carbonyl (C=O) groups is 2. The van der Waals surface area contributed by atoms with Gasteiger partial charge in [0.15, 0.2) is 0 Å². The molecule has 1 aliphatic heterocycles. The van der Waals surface area contributed by atoms with Crippen LogP contribution in [0.15, 0.2) is 0 Å². The van der Waals surface area contributed by atoms with Gasteiger partial charge in [0.1, 0.15) is 0 Å². The number of hydrogen-bond acceptors (Lipinski definition) is 2. The molecule has 0 saturated carbocycles. The number of likely N-dealkylation sites (tertiary alicyclic amines) is 1. The number of nitrogens with zero attached hydrogens (tertiary/aromatic N) is 1. The number of alkyl halides is 3. The van der Waals surface area contributed by atoms with Gasteiger partial charge in [0.05, 0.1) is 0 Å². The van der Waals surface area contributed by atoms with Gasteiger partial charge in [-0.1, -0.05) is 13.8 Å². The van der Waals surface area contributed by atoms with E-state index in [4.69, 9.17) is 5.11 Å². The van der Waals surface area contributed by atoms with Gasteiger partial charge in [-0.25, -0.2) is 9.59 Å². The molecule has 0 radical (unpaired) electrons. The summed E-state index contributed by atoms with van der Waals surface area (Å²) in [6, 6.07) is -0.991. The van der Waals surface area contributed by atoms with E-state index in [0.29, 0.717) is 32.9 Å². The van der Waals surface area contributed by atoms with E-state index < -0.39 is 23.7 Å². The van der Waals surface area contributed by atoms with Gasteiger partial charge in [-0.15, -0.1) is 0 Å². The molecule has 0 aromatic rings. The van der Waals surface area contributed by atoms with Crippen molar-refractivity contribution in [1.82, 2.24) is 10.2 Å². The number of carboxylic acids is 1. The normalized spacial score (nSPS) is 22.1. The Hall–Kier alpha value is -1.47. The number of rotatable bonds is 2. The average Bonchev–Trinajstić information content (AvgIpc) is 2.48. The maximum Gasteiger partial charge on any atom is 0.422 e. The van der Waals surface area contributed by atoms with Crippen LogP contribution < -0.4 is 5.32 Å². The summed E-state index contributed by atoms with van der Waals surface area (Å²) in [7, 11) is 0. The minimum Gasteiger partial charge on any atom is -0.479 e. The van der Waals surface area contributed by atoms with Crippen LogP contribution in [0.25, 0.3) is 0 Å². The van der Waals surface area contributed by atoms with Crippen molar-refractivity contribution in [2.45, 2.75) is 51.7 Å². The van der Waals surface area contributed by atoms with E-state index in [1.165, 1.54) is 4.90 Å². The average molecular weight is 310 g/mol. The van der Waals surface area contributed by atoms with Crippen LogP contribution in [-0.4, -0.2) is 46.8 Å². The van der Waals surface area contributed by atoms with Crippen LogP contribution in [0.2, 0.25) is 0 Å². The lowest BCUT2D eigenvalue weighted by Gasteiger charge is -2.31.